The van der Waals surface area contributed by atoms with Crippen molar-refractivity contribution in [2.75, 3.05) is 0 Å². The molecular formula is C23H27NO4S. The molecule has 154 valence electrons. The first kappa shape index (κ1) is 20.0. The maximum atomic E-state index is 13.4. The van der Waals surface area contributed by atoms with Gasteiger partial charge in [-0.2, -0.15) is 4.31 Å². The average molecular weight is 414 g/mol. The highest BCUT2D eigenvalue weighted by molar-refractivity contribution is 7.89. The van der Waals surface area contributed by atoms with E-state index < -0.39 is 16.1 Å². The largest absolute Gasteiger partial charge is 0.511 e. The maximum absolute atomic E-state index is 13.4. The van der Waals surface area contributed by atoms with Crippen LogP contribution in [0.2, 0.25) is 0 Å². The minimum absolute atomic E-state index is 0.0638. The molecule has 29 heavy (non-hydrogen) atoms. The van der Waals surface area contributed by atoms with Gasteiger partial charge in [-0.1, -0.05) is 37.1 Å². The molecule has 1 saturated heterocycles. The molecule has 1 aliphatic carbocycles. The van der Waals surface area contributed by atoms with E-state index in [0.717, 1.165) is 31.2 Å². The summed E-state index contributed by atoms with van der Waals surface area (Å²) in [6, 6.07) is 13.6. The molecule has 0 aromatic heterocycles. The second-order valence-electron chi connectivity index (χ2n) is 8.08. The van der Waals surface area contributed by atoms with Gasteiger partial charge in [-0.05, 0) is 68.5 Å². The number of hydrogen-bond donors (Lipinski definition) is 1. The topological polar surface area (TPSA) is 66.8 Å². The van der Waals surface area contributed by atoms with E-state index in [4.69, 9.17) is 4.74 Å². The van der Waals surface area contributed by atoms with Crippen molar-refractivity contribution >= 4 is 10.0 Å². The molecule has 1 saturated carbocycles. The summed E-state index contributed by atoms with van der Waals surface area (Å²) in [7, 11) is -3.74. The number of aliphatic hydroxyl groups is 1. The van der Waals surface area contributed by atoms with Gasteiger partial charge in [0.05, 0.1) is 10.9 Å². The summed E-state index contributed by atoms with van der Waals surface area (Å²) >= 11 is 0. The molecule has 2 aliphatic rings. The lowest BCUT2D eigenvalue weighted by Gasteiger charge is -2.32. The van der Waals surface area contributed by atoms with Crippen molar-refractivity contribution in [2.24, 2.45) is 5.92 Å². The number of benzene rings is 2. The molecule has 1 N–H and O–H groups in total. The molecular weight excluding hydrogens is 386 g/mol. The quantitative estimate of drug-likeness (QED) is 0.686. The Morgan fingerprint density at radius 2 is 1.62 bits per heavy atom. The zero-order chi connectivity index (χ0) is 20.6. The van der Waals surface area contributed by atoms with E-state index in [1.165, 1.54) is 4.31 Å². The van der Waals surface area contributed by atoms with Crippen molar-refractivity contribution in [1.82, 2.24) is 4.31 Å². The van der Waals surface area contributed by atoms with E-state index >= 15 is 0 Å². The lowest BCUT2D eigenvalue weighted by atomic mass is 9.85. The molecule has 1 aliphatic heterocycles. The standard InChI is InChI=1S/C23H27NO4S/c1-16-7-9-19(10-8-16)28-20-11-13-21(14-12-20)29(26,27)24-22-6-4-3-5-18(22)15-23(24)17(2)25/h7-14,18,22-23,25H,2-6,15H2,1H3. The normalized spacial score (nSPS) is 24.8. The molecule has 2 fully saturated rings. The molecule has 2 aromatic carbocycles. The van der Waals surface area contributed by atoms with E-state index in [9.17, 15) is 13.5 Å². The van der Waals surface area contributed by atoms with Crippen LogP contribution in [0.5, 0.6) is 11.5 Å². The van der Waals surface area contributed by atoms with Crippen LogP contribution in [0.3, 0.4) is 0 Å². The molecule has 0 spiro atoms. The number of aliphatic hydroxyl groups excluding tert-OH is 1. The van der Waals surface area contributed by atoms with Gasteiger partial charge < -0.3 is 9.84 Å². The Morgan fingerprint density at radius 3 is 2.24 bits per heavy atom. The third-order valence-electron chi connectivity index (χ3n) is 6.07. The highest BCUT2D eigenvalue weighted by atomic mass is 32.2. The summed E-state index contributed by atoms with van der Waals surface area (Å²) < 4.78 is 34.2. The fourth-order valence-electron chi connectivity index (χ4n) is 4.59. The van der Waals surface area contributed by atoms with Crippen molar-refractivity contribution in [3.8, 4) is 11.5 Å². The number of fused-ring (bicyclic) bond motifs is 1. The summed E-state index contributed by atoms with van der Waals surface area (Å²) in [5.41, 5.74) is 1.14. The van der Waals surface area contributed by atoms with Crippen LogP contribution < -0.4 is 4.74 Å². The molecule has 1 heterocycles. The van der Waals surface area contributed by atoms with E-state index in [2.05, 4.69) is 6.58 Å². The van der Waals surface area contributed by atoms with Crippen molar-refractivity contribution in [3.63, 3.8) is 0 Å². The molecule has 5 nitrogen and oxygen atoms in total. The summed E-state index contributed by atoms with van der Waals surface area (Å²) in [6.45, 7) is 5.66. The molecule has 0 radical (unpaired) electrons. The summed E-state index contributed by atoms with van der Waals surface area (Å²) in [5.74, 6) is 1.50. The minimum atomic E-state index is -3.74. The van der Waals surface area contributed by atoms with E-state index in [-0.39, 0.29) is 22.6 Å². The Balaban J connectivity index is 1.59. The Labute approximate surface area is 172 Å². The second kappa shape index (κ2) is 7.84. The van der Waals surface area contributed by atoms with Gasteiger partial charge in [0.1, 0.15) is 17.3 Å². The lowest BCUT2D eigenvalue weighted by molar-refractivity contribution is 0.232. The van der Waals surface area contributed by atoms with Crippen LogP contribution in [0, 0.1) is 12.8 Å². The number of aryl methyl sites for hydroxylation is 1. The van der Waals surface area contributed by atoms with Crippen LogP contribution in [0.4, 0.5) is 0 Å². The highest BCUT2D eigenvalue weighted by Gasteiger charge is 2.49. The van der Waals surface area contributed by atoms with Crippen LogP contribution in [-0.4, -0.2) is 29.9 Å². The first-order chi connectivity index (χ1) is 13.9. The first-order valence-electron chi connectivity index (χ1n) is 10.1. The van der Waals surface area contributed by atoms with Crippen LogP contribution >= 0.6 is 0 Å². The smallest absolute Gasteiger partial charge is 0.244 e. The number of ether oxygens (including phenoxy) is 1. The van der Waals surface area contributed by atoms with Gasteiger partial charge in [-0.3, -0.25) is 0 Å². The number of hydrogen-bond acceptors (Lipinski definition) is 4. The molecule has 2 aromatic rings. The third kappa shape index (κ3) is 3.91. The predicted octanol–water partition coefficient (Wildman–Crippen LogP) is 5.18. The minimum Gasteiger partial charge on any atom is -0.511 e. The molecule has 3 unspecified atom stereocenters. The second-order valence-corrected chi connectivity index (χ2v) is 9.92. The van der Waals surface area contributed by atoms with Crippen molar-refractivity contribution in [1.29, 1.82) is 0 Å². The van der Waals surface area contributed by atoms with E-state index in [1.807, 2.05) is 31.2 Å². The molecule has 6 heteroatoms. The molecule has 0 bridgehead atoms. The van der Waals surface area contributed by atoms with Crippen molar-refractivity contribution < 1.29 is 18.3 Å². The summed E-state index contributed by atoms with van der Waals surface area (Å²) in [6.07, 6.45) is 4.62. The molecule has 4 rings (SSSR count). The Kier molecular flexibility index (Phi) is 5.40. The third-order valence-corrected chi connectivity index (χ3v) is 8.02. The van der Waals surface area contributed by atoms with Crippen LogP contribution in [0.25, 0.3) is 0 Å². The van der Waals surface area contributed by atoms with Gasteiger partial charge in [0, 0.05) is 6.04 Å². The van der Waals surface area contributed by atoms with Crippen molar-refractivity contribution in [3.05, 3.63) is 66.4 Å². The van der Waals surface area contributed by atoms with Gasteiger partial charge in [0.2, 0.25) is 10.0 Å². The van der Waals surface area contributed by atoms with Crippen molar-refractivity contribution in [2.45, 2.75) is 56.0 Å². The van der Waals surface area contributed by atoms with Gasteiger partial charge >= 0.3 is 0 Å². The SMILES string of the molecule is C=C(O)C1CC2CCCCC2N1S(=O)(=O)c1ccc(Oc2ccc(C)cc2)cc1. The fraction of sp³-hybridized carbons (Fsp3) is 0.391. The van der Waals surface area contributed by atoms with Crippen LogP contribution in [0.15, 0.2) is 65.8 Å². The van der Waals surface area contributed by atoms with Crippen LogP contribution in [0.1, 0.15) is 37.7 Å². The zero-order valence-corrected chi connectivity index (χ0v) is 17.4. The first-order valence-corrected chi connectivity index (χ1v) is 11.6. The molecule has 3 atom stereocenters. The predicted molar refractivity (Wildman–Crippen MR) is 113 cm³/mol. The Bertz CT molecular complexity index is 983. The Hall–Kier alpha value is -2.31. The zero-order valence-electron chi connectivity index (χ0n) is 16.6. The number of nitrogens with zero attached hydrogens (tertiary/aromatic N) is 1. The monoisotopic (exact) mass is 413 g/mol. The molecule has 0 amide bonds. The van der Waals surface area contributed by atoms with Gasteiger partial charge in [0.25, 0.3) is 0 Å². The lowest BCUT2D eigenvalue weighted by Crippen LogP contribution is -2.43. The van der Waals surface area contributed by atoms with Crippen LogP contribution in [-0.2, 0) is 10.0 Å². The average Bonchev–Trinajstić information content (AvgIpc) is 3.11. The van der Waals surface area contributed by atoms with Gasteiger partial charge in [-0.25, -0.2) is 8.42 Å². The van der Waals surface area contributed by atoms with Gasteiger partial charge in [0.15, 0.2) is 0 Å². The summed E-state index contributed by atoms with van der Waals surface area (Å²) in [4.78, 5) is 0.214. The fourth-order valence-corrected chi connectivity index (χ4v) is 6.49. The Morgan fingerprint density at radius 1 is 1.03 bits per heavy atom. The number of sulfonamides is 1. The van der Waals surface area contributed by atoms with E-state index in [0.29, 0.717) is 17.9 Å². The van der Waals surface area contributed by atoms with E-state index in [1.54, 1.807) is 24.3 Å². The summed E-state index contributed by atoms with van der Waals surface area (Å²) in [5, 5.41) is 10.1. The van der Waals surface area contributed by atoms with Gasteiger partial charge in [-0.15, -0.1) is 0 Å². The highest BCUT2D eigenvalue weighted by Crippen LogP contribution is 2.44. The maximum Gasteiger partial charge on any atom is 0.244 e. The number of rotatable bonds is 5.